The van der Waals surface area contributed by atoms with E-state index in [4.69, 9.17) is 9.47 Å². The van der Waals surface area contributed by atoms with Crippen LogP contribution in [0.5, 0.6) is 0 Å². The molecule has 0 amide bonds. The summed E-state index contributed by atoms with van der Waals surface area (Å²) in [4.78, 5) is 9.73. The summed E-state index contributed by atoms with van der Waals surface area (Å²) in [7, 11) is 3.45. The molecule has 0 aliphatic rings. The number of nitrogens with one attached hydrogen (secondary N) is 2. The van der Waals surface area contributed by atoms with Crippen molar-refractivity contribution < 1.29 is 9.47 Å². The average molecular weight is 442 g/mol. The van der Waals surface area contributed by atoms with Gasteiger partial charge in [-0.05, 0) is 19.8 Å². The maximum Gasteiger partial charge on any atom is 0.191 e. The van der Waals surface area contributed by atoms with Gasteiger partial charge in [0.1, 0.15) is 5.01 Å². The van der Waals surface area contributed by atoms with Crippen LogP contribution in [0.4, 0.5) is 0 Å². The molecule has 0 fully saturated rings. The van der Waals surface area contributed by atoms with E-state index in [2.05, 4.69) is 27.5 Å². The average Bonchev–Trinajstić information content (AvgIpc) is 2.90. The third kappa shape index (κ3) is 10.3. The van der Waals surface area contributed by atoms with Crippen molar-refractivity contribution in [2.75, 3.05) is 40.5 Å². The molecule has 1 aromatic rings. The van der Waals surface area contributed by atoms with Gasteiger partial charge in [-0.25, -0.2) is 4.98 Å². The second-order valence-corrected chi connectivity index (χ2v) is 5.85. The zero-order chi connectivity index (χ0) is 15.3. The van der Waals surface area contributed by atoms with Crippen LogP contribution in [0, 0.1) is 6.92 Å². The van der Waals surface area contributed by atoms with E-state index in [1.165, 1.54) is 4.88 Å². The third-order valence-corrected chi connectivity index (χ3v) is 3.65. The molecule has 0 aliphatic carbocycles. The summed E-state index contributed by atoms with van der Waals surface area (Å²) in [6.07, 6.45) is 3.96. The minimum absolute atomic E-state index is 0. The first-order chi connectivity index (χ1) is 10.3. The standard InChI is InChI=1S/C14H26N4O2S.HI/c1-12-10-17-13(21-12)11-18-14(15-2)16-6-4-5-7-20-9-8-19-3;/h10H,4-9,11H2,1-3H3,(H2,15,16,18);1H. The lowest BCUT2D eigenvalue weighted by Crippen LogP contribution is -2.37. The fraction of sp³-hybridized carbons (Fsp3) is 0.714. The third-order valence-electron chi connectivity index (χ3n) is 2.74. The molecule has 128 valence electrons. The number of guanidine groups is 1. The molecule has 0 aromatic carbocycles. The van der Waals surface area contributed by atoms with E-state index in [0.29, 0.717) is 19.8 Å². The molecule has 1 heterocycles. The Morgan fingerprint density at radius 1 is 1.27 bits per heavy atom. The number of aryl methyl sites for hydroxylation is 1. The quantitative estimate of drug-likeness (QED) is 0.252. The Hall–Kier alpha value is -0.450. The summed E-state index contributed by atoms with van der Waals surface area (Å²) in [5, 5.41) is 7.61. The predicted octanol–water partition coefficient (Wildman–Crippen LogP) is 2.18. The number of thiazole rings is 1. The Labute approximate surface area is 154 Å². The van der Waals surface area contributed by atoms with Gasteiger partial charge in [0.2, 0.25) is 0 Å². The number of methoxy groups -OCH3 is 1. The predicted molar refractivity (Wildman–Crippen MR) is 102 cm³/mol. The second kappa shape index (κ2) is 14.2. The second-order valence-electron chi connectivity index (χ2n) is 4.53. The van der Waals surface area contributed by atoms with Gasteiger partial charge in [-0.2, -0.15) is 0 Å². The van der Waals surface area contributed by atoms with Gasteiger partial charge in [0, 0.05) is 38.4 Å². The van der Waals surface area contributed by atoms with Crippen LogP contribution in [-0.2, 0) is 16.0 Å². The van der Waals surface area contributed by atoms with Crippen LogP contribution in [0.3, 0.4) is 0 Å². The number of nitrogens with zero attached hydrogens (tertiary/aromatic N) is 2. The first-order valence-corrected chi connectivity index (χ1v) is 8.00. The van der Waals surface area contributed by atoms with Crippen molar-refractivity contribution in [3.05, 3.63) is 16.1 Å². The lowest BCUT2D eigenvalue weighted by Gasteiger charge is -2.10. The van der Waals surface area contributed by atoms with Gasteiger partial charge < -0.3 is 20.1 Å². The zero-order valence-electron chi connectivity index (χ0n) is 13.6. The van der Waals surface area contributed by atoms with Crippen LogP contribution in [0.2, 0.25) is 0 Å². The highest BCUT2D eigenvalue weighted by atomic mass is 127. The van der Waals surface area contributed by atoms with Gasteiger partial charge in [-0.3, -0.25) is 4.99 Å². The number of aliphatic imine (C=N–C) groups is 1. The summed E-state index contributed by atoms with van der Waals surface area (Å²) in [6, 6.07) is 0. The lowest BCUT2D eigenvalue weighted by molar-refractivity contribution is 0.0689. The van der Waals surface area contributed by atoms with Crippen molar-refractivity contribution in [2.45, 2.75) is 26.3 Å². The van der Waals surface area contributed by atoms with E-state index in [1.54, 1.807) is 25.5 Å². The monoisotopic (exact) mass is 442 g/mol. The topological polar surface area (TPSA) is 67.8 Å². The number of halogens is 1. The number of aromatic nitrogens is 1. The molecule has 0 radical (unpaired) electrons. The van der Waals surface area contributed by atoms with Gasteiger partial charge in [-0.15, -0.1) is 35.3 Å². The zero-order valence-corrected chi connectivity index (χ0v) is 16.7. The van der Waals surface area contributed by atoms with Crippen LogP contribution < -0.4 is 10.6 Å². The van der Waals surface area contributed by atoms with E-state index in [-0.39, 0.29) is 24.0 Å². The van der Waals surface area contributed by atoms with Crippen molar-refractivity contribution in [3.8, 4) is 0 Å². The first-order valence-electron chi connectivity index (χ1n) is 7.18. The van der Waals surface area contributed by atoms with Gasteiger partial charge >= 0.3 is 0 Å². The molecule has 8 heteroatoms. The van der Waals surface area contributed by atoms with Crippen LogP contribution in [0.1, 0.15) is 22.7 Å². The Bertz CT molecular complexity index is 415. The number of unbranched alkanes of at least 4 members (excludes halogenated alkanes) is 1. The molecule has 0 atom stereocenters. The van der Waals surface area contributed by atoms with Gasteiger partial charge in [0.05, 0.1) is 19.8 Å². The largest absolute Gasteiger partial charge is 0.382 e. The molecular weight excluding hydrogens is 415 g/mol. The molecule has 1 rings (SSSR count). The normalized spacial score (nSPS) is 11.1. The van der Waals surface area contributed by atoms with Gasteiger partial charge in [0.15, 0.2) is 5.96 Å². The van der Waals surface area contributed by atoms with Gasteiger partial charge in [0.25, 0.3) is 0 Å². The highest BCUT2D eigenvalue weighted by Crippen LogP contribution is 2.10. The maximum atomic E-state index is 5.41. The molecular formula is C14H27IN4O2S. The van der Waals surface area contributed by atoms with E-state index in [1.807, 2.05) is 6.20 Å². The minimum Gasteiger partial charge on any atom is -0.382 e. The Balaban J connectivity index is 0.00000441. The first kappa shape index (κ1) is 21.6. The van der Waals surface area contributed by atoms with Crippen LogP contribution in [0.25, 0.3) is 0 Å². The van der Waals surface area contributed by atoms with E-state index in [0.717, 1.165) is 37.0 Å². The van der Waals surface area contributed by atoms with Crippen molar-refractivity contribution in [3.63, 3.8) is 0 Å². The summed E-state index contributed by atoms with van der Waals surface area (Å²) >= 11 is 1.70. The summed E-state index contributed by atoms with van der Waals surface area (Å²) in [5.41, 5.74) is 0. The summed E-state index contributed by atoms with van der Waals surface area (Å²) in [5.74, 6) is 0.808. The Morgan fingerprint density at radius 3 is 2.73 bits per heavy atom. The van der Waals surface area contributed by atoms with Gasteiger partial charge in [-0.1, -0.05) is 0 Å². The molecule has 2 N–H and O–H groups in total. The van der Waals surface area contributed by atoms with Crippen LogP contribution >= 0.6 is 35.3 Å². The molecule has 0 saturated carbocycles. The minimum atomic E-state index is 0. The maximum absolute atomic E-state index is 5.41. The smallest absolute Gasteiger partial charge is 0.191 e. The fourth-order valence-electron chi connectivity index (χ4n) is 1.64. The molecule has 22 heavy (non-hydrogen) atoms. The SMILES string of the molecule is CN=C(NCCCCOCCOC)NCc1ncc(C)s1.I. The van der Waals surface area contributed by atoms with Crippen LogP contribution in [0.15, 0.2) is 11.2 Å². The van der Waals surface area contributed by atoms with E-state index in [9.17, 15) is 0 Å². The molecule has 0 bridgehead atoms. The molecule has 0 unspecified atom stereocenters. The Morgan fingerprint density at radius 2 is 2.09 bits per heavy atom. The Kier molecular flexibility index (Phi) is 13.9. The van der Waals surface area contributed by atoms with E-state index >= 15 is 0 Å². The number of hydrogen-bond acceptors (Lipinski definition) is 5. The molecule has 6 nitrogen and oxygen atoms in total. The summed E-state index contributed by atoms with van der Waals surface area (Å²) < 4.78 is 10.3. The van der Waals surface area contributed by atoms with Crippen molar-refractivity contribution >= 4 is 41.3 Å². The lowest BCUT2D eigenvalue weighted by atomic mass is 10.3. The number of ether oxygens (including phenoxy) is 2. The van der Waals surface area contributed by atoms with Crippen molar-refractivity contribution in [1.82, 2.24) is 15.6 Å². The molecule has 0 spiro atoms. The molecule has 0 saturated heterocycles. The molecule has 1 aromatic heterocycles. The van der Waals surface area contributed by atoms with E-state index < -0.39 is 0 Å². The van der Waals surface area contributed by atoms with Crippen molar-refractivity contribution in [2.24, 2.45) is 4.99 Å². The van der Waals surface area contributed by atoms with Crippen molar-refractivity contribution in [1.29, 1.82) is 0 Å². The number of hydrogen-bond donors (Lipinski definition) is 2. The highest BCUT2D eigenvalue weighted by molar-refractivity contribution is 14.0. The fourth-order valence-corrected chi connectivity index (χ4v) is 2.37. The highest BCUT2D eigenvalue weighted by Gasteiger charge is 2.01. The van der Waals surface area contributed by atoms with Crippen LogP contribution in [-0.4, -0.2) is 51.5 Å². The summed E-state index contributed by atoms with van der Waals surface area (Å²) in [6.45, 7) is 5.74. The number of rotatable bonds is 10. The molecule has 0 aliphatic heterocycles.